The summed E-state index contributed by atoms with van der Waals surface area (Å²) in [5, 5.41) is 5.39. The van der Waals surface area contributed by atoms with E-state index in [0.29, 0.717) is 31.0 Å². The Balaban J connectivity index is 1.09. The Hall–Kier alpha value is -5.64. The van der Waals surface area contributed by atoms with E-state index in [1.54, 1.807) is 11.1 Å². The van der Waals surface area contributed by atoms with Crippen LogP contribution in [-0.2, 0) is 25.5 Å². The second kappa shape index (κ2) is 16.6. The minimum atomic E-state index is -0.695. The minimum Gasteiger partial charge on any atom is -0.453 e. The number of carbonyl (C=O) groups excluding carboxylic acids is 4. The van der Waals surface area contributed by atoms with Gasteiger partial charge in [-0.25, -0.2) is 14.6 Å². The van der Waals surface area contributed by atoms with E-state index in [-0.39, 0.29) is 35.7 Å². The van der Waals surface area contributed by atoms with Crippen LogP contribution in [0.15, 0.2) is 53.7 Å². The number of ether oxygens (including phenoxy) is 2. The average molecular weight is 736 g/mol. The molecule has 3 aliphatic heterocycles. The molecule has 2 aromatic carbocycles. The Morgan fingerprint density at radius 1 is 0.796 bits per heavy atom. The summed E-state index contributed by atoms with van der Waals surface area (Å²) in [5.74, 6) is 6.60. The van der Waals surface area contributed by atoms with Gasteiger partial charge in [0.2, 0.25) is 11.8 Å². The highest BCUT2D eigenvalue weighted by Gasteiger charge is 2.39. The van der Waals surface area contributed by atoms with Crippen molar-refractivity contribution in [2.24, 2.45) is 16.8 Å². The summed E-state index contributed by atoms with van der Waals surface area (Å²) in [4.78, 5) is 67.4. The number of rotatable bonds is 9. The molecule has 284 valence electrons. The summed E-state index contributed by atoms with van der Waals surface area (Å²) >= 11 is 0. The summed E-state index contributed by atoms with van der Waals surface area (Å²) in [6.45, 7) is 8.82. The number of imidazole rings is 1. The zero-order valence-corrected chi connectivity index (χ0v) is 31.8. The topological polar surface area (TPSA) is 158 Å². The van der Waals surface area contributed by atoms with Gasteiger partial charge >= 0.3 is 12.2 Å². The maximum absolute atomic E-state index is 13.6. The molecule has 4 amide bonds. The monoisotopic (exact) mass is 735 g/mol. The van der Waals surface area contributed by atoms with Gasteiger partial charge < -0.3 is 34.9 Å². The third kappa shape index (κ3) is 8.28. The first-order valence-electron chi connectivity index (χ1n) is 18.6. The lowest BCUT2D eigenvalue weighted by atomic mass is 9.97. The first-order valence-corrected chi connectivity index (χ1v) is 18.6. The zero-order valence-electron chi connectivity index (χ0n) is 31.8. The van der Waals surface area contributed by atoms with Crippen molar-refractivity contribution in [2.45, 2.75) is 84.0 Å². The molecule has 0 aliphatic carbocycles. The molecule has 3 aliphatic rings. The number of nitrogens with one attached hydrogen (secondary N) is 3. The van der Waals surface area contributed by atoms with Gasteiger partial charge in [-0.3, -0.25) is 14.6 Å². The molecule has 2 saturated heterocycles. The first-order chi connectivity index (χ1) is 26.0. The molecule has 0 radical (unpaired) electrons. The minimum absolute atomic E-state index is 0.0895. The summed E-state index contributed by atoms with van der Waals surface area (Å²) in [7, 11) is 2.58. The van der Waals surface area contributed by atoms with Crippen molar-refractivity contribution in [1.29, 1.82) is 0 Å². The molecule has 0 bridgehead atoms. The molecule has 3 aromatic rings. The maximum Gasteiger partial charge on any atom is 0.407 e. The van der Waals surface area contributed by atoms with E-state index in [1.807, 2.05) is 62.9 Å². The lowest BCUT2D eigenvalue weighted by molar-refractivity contribution is -0.135. The van der Waals surface area contributed by atoms with Crippen molar-refractivity contribution in [3.05, 3.63) is 71.3 Å². The molecule has 54 heavy (non-hydrogen) atoms. The number of nitrogens with zero attached hydrogens (tertiary/aromatic N) is 4. The third-order valence-electron chi connectivity index (χ3n) is 10.4. The number of carbonyl (C=O) groups is 4. The number of methoxy groups -OCH3 is 2. The number of amides is 4. The number of aliphatic imine (C=N–C) groups is 1. The van der Waals surface area contributed by atoms with Crippen molar-refractivity contribution >= 4 is 35.4 Å². The van der Waals surface area contributed by atoms with E-state index in [9.17, 15) is 19.2 Å². The number of aromatic amines is 1. The van der Waals surface area contributed by atoms with Gasteiger partial charge in [-0.2, -0.15) is 0 Å². The molecule has 6 rings (SSSR count). The highest BCUT2D eigenvalue weighted by Crippen LogP contribution is 2.35. The Morgan fingerprint density at radius 3 is 1.96 bits per heavy atom. The van der Waals surface area contributed by atoms with E-state index in [1.165, 1.54) is 14.2 Å². The SMILES string of the molecule is COC(=O)N[C@H](C(=O)N1CCC[C@H]1C1=Nc2ccc(-c3ccc(C#Cc4cnc([C@@H]5CCCN5C(=O)[C@@H](NC(=O)OC)C(C)C)[nH]4)cc3)cc2C1)C(C)C. The summed E-state index contributed by atoms with van der Waals surface area (Å²) in [5.41, 5.74) is 6.64. The fourth-order valence-electron chi connectivity index (χ4n) is 7.50. The largest absolute Gasteiger partial charge is 0.453 e. The Bertz CT molecular complexity index is 1970. The average Bonchev–Trinajstić information content (AvgIpc) is 4.00. The molecule has 0 spiro atoms. The van der Waals surface area contributed by atoms with Crippen LogP contribution in [0.25, 0.3) is 11.1 Å². The van der Waals surface area contributed by atoms with E-state index in [2.05, 4.69) is 44.6 Å². The first kappa shape index (κ1) is 38.1. The molecule has 1 aromatic heterocycles. The van der Waals surface area contributed by atoms with Crippen LogP contribution >= 0.6 is 0 Å². The maximum atomic E-state index is 13.6. The molecular weight excluding hydrogens is 686 g/mol. The van der Waals surface area contributed by atoms with Gasteiger partial charge in [0.25, 0.3) is 0 Å². The number of likely N-dealkylation sites (tertiary alicyclic amines) is 2. The predicted octanol–water partition coefficient (Wildman–Crippen LogP) is 5.52. The van der Waals surface area contributed by atoms with Gasteiger partial charge in [0.1, 0.15) is 23.6 Å². The number of fused-ring (bicyclic) bond motifs is 1. The second-order valence-electron chi connectivity index (χ2n) is 14.7. The fourth-order valence-corrected chi connectivity index (χ4v) is 7.50. The smallest absolute Gasteiger partial charge is 0.407 e. The zero-order chi connectivity index (χ0) is 38.5. The molecule has 0 unspecified atom stereocenters. The van der Waals surface area contributed by atoms with Crippen LogP contribution in [0, 0.1) is 23.7 Å². The van der Waals surface area contributed by atoms with Crippen LogP contribution in [-0.4, -0.2) is 94.9 Å². The third-order valence-corrected chi connectivity index (χ3v) is 10.4. The Kier molecular flexibility index (Phi) is 11.7. The number of alkyl carbamates (subject to hydrolysis) is 2. The highest BCUT2D eigenvalue weighted by atomic mass is 16.5. The lowest BCUT2D eigenvalue weighted by Crippen LogP contribution is -2.53. The van der Waals surface area contributed by atoms with Crippen LogP contribution < -0.4 is 10.6 Å². The molecule has 2 fully saturated rings. The van der Waals surface area contributed by atoms with Crippen molar-refractivity contribution in [2.75, 3.05) is 27.3 Å². The summed E-state index contributed by atoms with van der Waals surface area (Å²) < 4.78 is 9.50. The normalized spacial score (nSPS) is 18.8. The van der Waals surface area contributed by atoms with Crippen LogP contribution in [0.2, 0.25) is 0 Å². The molecule has 4 atom stereocenters. The number of hydrogen-bond acceptors (Lipinski definition) is 8. The van der Waals surface area contributed by atoms with E-state index >= 15 is 0 Å². The van der Waals surface area contributed by atoms with Gasteiger partial charge in [-0.15, -0.1) is 0 Å². The standard InChI is InChI=1S/C41H49N7O6/c1-24(2)35(45-40(51)53-5)38(49)47-19-7-9-33(47)32-22-29-21-28(16-18-31(29)44-32)27-14-11-26(12-15-27)13-17-30-23-42-37(43-30)34-10-8-20-48(34)39(50)36(25(3)4)46-41(52)54-6/h11-12,14-16,18,21,23-25,33-36H,7-10,19-20,22H2,1-6H3,(H,42,43)(H,45,51)(H,46,52)/t33-,34-,35-,36-/m0/s1. The fraction of sp³-hybridized carbons (Fsp3) is 0.463. The summed E-state index contributed by atoms with van der Waals surface area (Å²) in [6, 6.07) is 12.7. The van der Waals surface area contributed by atoms with Crippen LogP contribution in [0.4, 0.5) is 15.3 Å². The van der Waals surface area contributed by atoms with E-state index < -0.39 is 24.3 Å². The van der Waals surface area contributed by atoms with Crippen molar-refractivity contribution in [1.82, 2.24) is 30.4 Å². The second-order valence-corrected chi connectivity index (χ2v) is 14.7. The predicted molar refractivity (Wildman–Crippen MR) is 204 cm³/mol. The lowest BCUT2D eigenvalue weighted by Gasteiger charge is -2.30. The van der Waals surface area contributed by atoms with E-state index in [4.69, 9.17) is 14.5 Å². The number of H-pyrrole nitrogens is 1. The van der Waals surface area contributed by atoms with Gasteiger partial charge in [-0.05, 0) is 84.4 Å². The molecule has 4 heterocycles. The number of benzene rings is 2. The highest BCUT2D eigenvalue weighted by molar-refractivity contribution is 6.01. The van der Waals surface area contributed by atoms with Crippen LogP contribution in [0.3, 0.4) is 0 Å². The van der Waals surface area contributed by atoms with Crippen LogP contribution in [0.1, 0.15) is 82.1 Å². The quantitative estimate of drug-likeness (QED) is 0.244. The molecule has 13 nitrogen and oxygen atoms in total. The Morgan fingerprint density at radius 2 is 1.37 bits per heavy atom. The number of aromatic nitrogens is 2. The van der Waals surface area contributed by atoms with Gasteiger partial charge in [0.15, 0.2) is 0 Å². The van der Waals surface area contributed by atoms with Crippen molar-refractivity contribution in [3.8, 4) is 23.0 Å². The van der Waals surface area contributed by atoms with Gasteiger partial charge in [0, 0.05) is 30.8 Å². The molecule has 13 heteroatoms. The molecular formula is C41H49N7O6. The molecule has 0 saturated carbocycles. The van der Waals surface area contributed by atoms with E-state index in [0.717, 1.165) is 59.3 Å². The van der Waals surface area contributed by atoms with Crippen molar-refractivity contribution in [3.63, 3.8) is 0 Å². The molecule has 3 N–H and O–H groups in total. The Labute approximate surface area is 316 Å². The van der Waals surface area contributed by atoms with Crippen LogP contribution in [0.5, 0.6) is 0 Å². The summed E-state index contributed by atoms with van der Waals surface area (Å²) in [6.07, 6.45) is 4.43. The van der Waals surface area contributed by atoms with Gasteiger partial charge in [0.05, 0.1) is 38.2 Å². The number of hydrogen-bond donors (Lipinski definition) is 3. The van der Waals surface area contributed by atoms with Gasteiger partial charge in [-0.1, -0.05) is 51.8 Å². The van der Waals surface area contributed by atoms with Crippen molar-refractivity contribution < 1.29 is 28.7 Å².